The van der Waals surface area contributed by atoms with Crippen molar-refractivity contribution in [2.75, 3.05) is 13.6 Å². The Morgan fingerprint density at radius 3 is 2.80 bits per heavy atom. The Hall–Kier alpha value is -1.17. The predicted octanol–water partition coefficient (Wildman–Crippen LogP) is -0.0661. The fourth-order valence-corrected chi connectivity index (χ4v) is 0.401. The smallest absolute Gasteiger partial charge is 0.189 e. The normalized spacial score (nSPS) is 10.0. The van der Waals surface area contributed by atoms with Crippen LogP contribution >= 0.6 is 0 Å². The third-order valence-corrected chi connectivity index (χ3v) is 0.901. The monoisotopic (exact) mass is 139 g/mol. The van der Waals surface area contributed by atoms with E-state index in [2.05, 4.69) is 22.2 Å². The lowest BCUT2D eigenvalue weighted by Gasteiger charge is -1.96. The number of guanidine groups is 1. The van der Waals surface area contributed by atoms with Gasteiger partial charge in [0.25, 0.3) is 0 Å². The van der Waals surface area contributed by atoms with Crippen molar-refractivity contribution in [3.8, 4) is 11.8 Å². The minimum atomic E-state index is 0.436. The number of nitrogens with two attached hydrogens (primary N) is 1. The summed E-state index contributed by atoms with van der Waals surface area (Å²) in [7, 11) is 1.63. The molecular weight excluding hydrogens is 126 g/mol. The van der Waals surface area contributed by atoms with Gasteiger partial charge in [0.05, 0.1) is 6.54 Å². The first-order chi connectivity index (χ1) is 4.81. The molecule has 0 aliphatic heterocycles. The van der Waals surface area contributed by atoms with Crippen molar-refractivity contribution < 1.29 is 0 Å². The van der Waals surface area contributed by atoms with Crippen LogP contribution in [0.5, 0.6) is 0 Å². The van der Waals surface area contributed by atoms with Gasteiger partial charge in [-0.25, -0.2) is 0 Å². The molecule has 3 heteroatoms. The van der Waals surface area contributed by atoms with Crippen molar-refractivity contribution in [1.29, 1.82) is 0 Å². The summed E-state index contributed by atoms with van der Waals surface area (Å²) in [5.74, 6) is 6.22. The van der Waals surface area contributed by atoms with E-state index in [1.807, 2.05) is 6.92 Å². The molecule has 0 aliphatic rings. The van der Waals surface area contributed by atoms with E-state index in [0.717, 1.165) is 6.42 Å². The minimum Gasteiger partial charge on any atom is -0.370 e. The molecule has 10 heavy (non-hydrogen) atoms. The average Bonchev–Trinajstić information content (AvgIpc) is 1.98. The molecule has 0 bridgehead atoms. The summed E-state index contributed by atoms with van der Waals surface area (Å²) in [6.45, 7) is 2.58. The van der Waals surface area contributed by atoms with Gasteiger partial charge < -0.3 is 11.1 Å². The molecular formula is C7H13N3. The van der Waals surface area contributed by atoms with E-state index < -0.39 is 0 Å². The van der Waals surface area contributed by atoms with Crippen LogP contribution in [0.25, 0.3) is 0 Å². The maximum Gasteiger partial charge on any atom is 0.189 e. The molecule has 0 amide bonds. The lowest BCUT2D eigenvalue weighted by atomic mass is 10.5. The van der Waals surface area contributed by atoms with Gasteiger partial charge in [-0.05, 0) is 0 Å². The number of hydrogen-bond donors (Lipinski definition) is 2. The second-order valence-corrected chi connectivity index (χ2v) is 1.67. The summed E-state index contributed by atoms with van der Waals surface area (Å²) in [6.07, 6.45) is 0.880. The van der Waals surface area contributed by atoms with Gasteiger partial charge in [0, 0.05) is 13.5 Å². The van der Waals surface area contributed by atoms with Crippen LogP contribution in [0.1, 0.15) is 13.3 Å². The topological polar surface area (TPSA) is 50.4 Å². The van der Waals surface area contributed by atoms with Gasteiger partial charge in [0.15, 0.2) is 5.96 Å². The van der Waals surface area contributed by atoms with Crippen LogP contribution in [0.2, 0.25) is 0 Å². The molecule has 0 aromatic heterocycles. The van der Waals surface area contributed by atoms with Crippen molar-refractivity contribution in [1.82, 2.24) is 5.32 Å². The molecule has 0 fully saturated rings. The summed E-state index contributed by atoms with van der Waals surface area (Å²) in [4.78, 5) is 3.70. The van der Waals surface area contributed by atoms with E-state index in [-0.39, 0.29) is 0 Å². The van der Waals surface area contributed by atoms with E-state index in [0.29, 0.717) is 12.5 Å². The molecule has 56 valence electrons. The summed E-state index contributed by atoms with van der Waals surface area (Å²) >= 11 is 0. The van der Waals surface area contributed by atoms with Crippen LogP contribution in [0.4, 0.5) is 0 Å². The van der Waals surface area contributed by atoms with Crippen LogP contribution in [0.3, 0.4) is 0 Å². The van der Waals surface area contributed by atoms with E-state index >= 15 is 0 Å². The molecule has 0 atom stereocenters. The highest BCUT2D eigenvalue weighted by Crippen LogP contribution is 1.65. The van der Waals surface area contributed by atoms with Gasteiger partial charge in [-0.3, -0.25) is 4.99 Å². The zero-order valence-corrected chi connectivity index (χ0v) is 6.44. The van der Waals surface area contributed by atoms with E-state index in [4.69, 9.17) is 5.73 Å². The number of nitrogens with zero attached hydrogens (tertiary/aromatic N) is 1. The molecule has 0 saturated carbocycles. The summed E-state index contributed by atoms with van der Waals surface area (Å²) in [5, 5.41) is 2.82. The lowest BCUT2D eigenvalue weighted by molar-refractivity contribution is 1.03. The van der Waals surface area contributed by atoms with Crippen LogP contribution in [0, 0.1) is 11.8 Å². The highest BCUT2D eigenvalue weighted by molar-refractivity contribution is 5.77. The molecule has 0 spiro atoms. The Morgan fingerprint density at radius 2 is 2.30 bits per heavy atom. The average molecular weight is 139 g/mol. The highest BCUT2D eigenvalue weighted by Gasteiger charge is 1.80. The quantitative estimate of drug-likeness (QED) is 0.303. The van der Waals surface area contributed by atoms with Crippen molar-refractivity contribution in [3.63, 3.8) is 0 Å². The van der Waals surface area contributed by atoms with Gasteiger partial charge in [-0.15, -0.1) is 5.92 Å². The van der Waals surface area contributed by atoms with Gasteiger partial charge in [-0.1, -0.05) is 12.8 Å². The summed E-state index contributed by atoms with van der Waals surface area (Å²) in [5.41, 5.74) is 5.33. The summed E-state index contributed by atoms with van der Waals surface area (Å²) in [6, 6.07) is 0. The highest BCUT2D eigenvalue weighted by atomic mass is 15.1. The van der Waals surface area contributed by atoms with Crippen molar-refractivity contribution in [2.45, 2.75) is 13.3 Å². The second kappa shape index (κ2) is 5.96. The van der Waals surface area contributed by atoms with Crippen molar-refractivity contribution in [3.05, 3.63) is 0 Å². The standard InChI is InChI=1S/C7H13N3/c1-3-4-5-6-10-7(8)9-2/h3,6H2,1-2H3,(H3,8,9,10). The second-order valence-electron chi connectivity index (χ2n) is 1.67. The zero-order chi connectivity index (χ0) is 7.82. The van der Waals surface area contributed by atoms with Gasteiger partial charge in [-0.2, -0.15) is 0 Å². The molecule has 0 heterocycles. The zero-order valence-electron chi connectivity index (χ0n) is 6.44. The van der Waals surface area contributed by atoms with E-state index in [1.54, 1.807) is 7.05 Å². The van der Waals surface area contributed by atoms with Crippen LogP contribution in [-0.4, -0.2) is 19.6 Å². The molecule has 0 rings (SSSR count). The first kappa shape index (κ1) is 8.83. The van der Waals surface area contributed by atoms with Crippen molar-refractivity contribution in [2.24, 2.45) is 10.7 Å². The first-order valence-corrected chi connectivity index (χ1v) is 3.23. The Balaban J connectivity index is 3.37. The number of nitrogens with one attached hydrogen (secondary N) is 1. The third-order valence-electron chi connectivity index (χ3n) is 0.901. The molecule has 0 unspecified atom stereocenters. The Kier molecular flexibility index (Phi) is 5.26. The maximum atomic E-state index is 5.33. The summed E-state index contributed by atoms with van der Waals surface area (Å²) < 4.78 is 0. The Morgan fingerprint density at radius 1 is 1.60 bits per heavy atom. The lowest BCUT2D eigenvalue weighted by Crippen LogP contribution is -2.31. The third kappa shape index (κ3) is 4.98. The fraction of sp³-hybridized carbons (Fsp3) is 0.571. The number of rotatable bonds is 1. The van der Waals surface area contributed by atoms with Gasteiger partial charge >= 0.3 is 0 Å². The first-order valence-electron chi connectivity index (χ1n) is 3.23. The Bertz CT molecular complexity index is 161. The molecule has 0 radical (unpaired) electrons. The maximum absolute atomic E-state index is 5.33. The largest absolute Gasteiger partial charge is 0.370 e. The molecule has 0 aromatic rings. The molecule has 0 aromatic carbocycles. The van der Waals surface area contributed by atoms with Crippen LogP contribution in [-0.2, 0) is 0 Å². The Labute approximate surface area is 61.7 Å². The van der Waals surface area contributed by atoms with Crippen molar-refractivity contribution >= 4 is 5.96 Å². The SMILES string of the molecule is CCC#CCN/C(N)=N/C. The molecule has 3 N–H and O–H groups in total. The predicted molar refractivity (Wildman–Crippen MR) is 43.6 cm³/mol. The minimum absolute atomic E-state index is 0.436. The van der Waals surface area contributed by atoms with Gasteiger partial charge in [0.1, 0.15) is 0 Å². The fourth-order valence-electron chi connectivity index (χ4n) is 0.401. The van der Waals surface area contributed by atoms with Gasteiger partial charge in [0.2, 0.25) is 0 Å². The van der Waals surface area contributed by atoms with Crippen LogP contribution < -0.4 is 11.1 Å². The number of hydrogen-bond acceptors (Lipinski definition) is 1. The van der Waals surface area contributed by atoms with E-state index in [9.17, 15) is 0 Å². The van der Waals surface area contributed by atoms with E-state index in [1.165, 1.54) is 0 Å². The molecule has 0 saturated heterocycles. The van der Waals surface area contributed by atoms with Crippen LogP contribution in [0.15, 0.2) is 4.99 Å². The molecule has 0 aliphatic carbocycles. The molecule has 3 nitrogen and oxygen atoms in total. The number of aliphatic imine (C=N–C) groups is 1.